The van der Waals surface area contributed by atoms with Crippen molar-refractivity contribution in [1.29, 1.82) is 0 Å². The number of hydrogen-bond acceptors (Lipinski definition) is 1. The van der Waals surface area contributed by atoms with E-state index in [9.17, 15) is 17.6 Å². The second kappa shape index (κ2) is 9.06. The Hall–Kier alpha value is -2.92. The largest absolute Gasteiger partial charge is 0.416 e. The van der Waals surface area contributed by atoms with Gasteiger partial charge in [-0.15, -0.1) is 0 Å². The van der Waals surface area contributed by atoms with Crippen molar-refractivity contribution in [2.24, 2.45) is 0 Å². The zero-order chi connectivity index (χ0) is 21.8. The topological polar surface area (TPSA) is 3.24 Å². The first-order valence-electron chi connectivity index (χ1n) is 10.3. The first kappa shape index (κ1) is 21.3. The van der Waals surface area contributed by atoms with Crippen LogP contribution in [0.3, 0.4) is 0 Å². The number of nitrogens with zero attached hydrogens (tertiary/aromatic N) is 1. The summed E-state index contributed by atoms with van der Waals surface area (Å²) >= 11 is 0. The third-order valence-corrected chi connectivity index (χ3v) is 5.77. The van der Waals surface area contributed by atoms with E-state index < -0.39 is 11.7 Å². The number of rotatable bonds is 5. The third-order valence-electron chi connectivity index (χ3n) is 5.77. The van der Waals surface area contributed by atoms with E-state index in [0.717, 1.165) is 30.2 Å². The first-order chi connectivity index (χ1) is 14.9. The molecule has 3 aromatic rings. The number of halogens is 4. The van der Waals surface area contributed by atoms with E-state index in [1.807, 2.05) is 24.3 Å². The lowest BCUT2D eigenvalue weighted by atomic mass is 9.89. The van der Waals surface area contributed by atoms with Crippen molar-refractivity contribution in [1.82, 2.24) is 4.90 Å². The molecule has 1 aliphatic rings. The van der Waals surface area contributed by atoms with Gasteiger partial charge in [0.1, 0.15) is 5.82 Å². The Labute approximate surface area is 179 Å². The molecule has 0 saturated carbocycles. The molecule has 0 aromatic heterocycles. The highest BCUT2D eigenvalue weighted by Gasteiger charge is 2.31. The maximum absolute atomic E-state index is 13.5. The summed E-state index contributed by atoms with van der Waals surface area (Å²) in [5, 5.41) is 0. The quantitative estimate of drug-likeness (QED) is 0.401. The minimum absolute atomic E-state index is 0.0288. The summed E-state index contributed by atoms with van der Waals surface area (Å²) in [6.45, 7) is 1.43. The van der Waals surface area contributed by atoms with E-state index in [0.29, 0.717) is 18.5 Å². The molecule has 5 heteroatoms. The van der Waals surface area contributed by atoms with Gasteiger partial charge < -0.3 is 0 Å². The summed E-state index contributed by atoms with van der Waals surface area (Å²) in [5.74, 6) is -0.302. The maximum Gasteiger partial charge on any atom is 0.416 e. The molecular formula is C26H23F4N. The van der Waals surface area contributed by atoms with Gasteiger partial charge in [0.25, 0.3) is 0 Å². The van der Waals surface area contributed by atoms with Crippen LogP contribution < -0.4 is 0 Å². The molecule has 1 atom stereocenters. The zero-order valence-electron chi connectivity index (χ0n) is 16.9. The van der Waals surface area contributed by atoms with Crippen molar-refractivity contribution in [3.05, 3.63) is 113 Å². The van der Waals surface area contributed by atoms with Crippen LogP contribution in [0.5, 0.6) is 0 Å². The molecule has 31 heavy (non-hydrogen) atoms. The molecule has 0 aliphatic carbocycles. The van der Waals surface area contributed by atoms with Crippen molar-refractivity contribution in [3.63, 3.8) is 0 Å². The van der Waals surface area contributed by atoms with E-state index in [-0.39, 0.29) is 11.9 Å². The van der Waals surface area contributed by atoms with Gasteiger partial charge in [0, 0.05) is 19.1 Å². The van der Waals surface area contributed by atoms with Crippen LogP contribution in [-0.2, 0) is 12.6 Å². The van der Waals surface area contributed by atoms with E-state index >= 15 is 0 Å². The molecule has 3 aromatic carbocycles. The first-order valence-corrected chi connectivity index (χ1v) is 10.3. The van der Waals surface area contributed by atoms with Crippen LogP contribution in [-0.4, -0.2) is 18.0 Å². The van der Waals surface area contributed by atoms with Gasteiger partial charge in [-0.05, 0) is 59.4 Å². The summed E-state index contributed by atoms with van der Waals surface area (Å²) in [5.41, 5.74) is 3.02. The van der Waals surface area contributed by atoms with Crippen molar-refractivity contribution >= 4 is 5.57 Å². The summed E-state index contributed by atoms with van der Waals surface area (Å²) in [6.07, 6.45) is -0.920. The Morgan fingerprint density at radius 1 is 0.871 bits per heavy atom. The van der Waals surface area contributed by atoms with Crippen LogP contribution in [0.25, 0.3) is 5.57 Å². The average molecular weight is 425 g/mol. The smallest absolute Gasteiger partial charge is 0.292 e. The van der Waals surface area contributed by atoms with Crippen LogP contribution in [0.1, 0.15) is 34.7 Å². The zero-order valence-corrected chi connectivity index (χ0v) is 16.9. The molecule has 0 fully saturated rings. The molecule has 0 radical (unpaired) electrons. The molecule has 160 valence electrons. The minimum atomic E-state index is -4.37. The number of hydrogen-bond donors (Lipinski definition) is 0. The molecule has 1 unspecified atom stereocenters. The predicted molar refractivity (Wildman–Crippen MR) is 115 cm³/mol. The lowest BCUT2D eigenvalue weighted by molar-refractivity contribution is -0.137. The van der Waals surface area contributed by atoms with Crippen molar-refractivity contribution in [2.45, 2.75) is 25.1 Å². The second-order valence-corrected chi connectivity index (χ2v) is 7.81. The molecule has 0 amide bonds. The monoisotopic (exact) mass is 425 g/mol. The Bertz CT molecular complexity index is 1040. The van der Waals surface area contributed by atoms with Gasteiger partial charge in [-0.1, -0.05) is 60.7 Å². The van der Waals surface area contributed by atoms with Crippen LogP contribution in [0, 0.1) is 5.82 Å². The van der Waals surface area contributed by atoms with Gasteiger partial charge in [0.2, 0.25) is 0 Å². The Morgan fingerprint density at radius 3 is 2.32 bits per heavy atom. The van der Waals surface area contributed by atoms with Gasteiger partial charge >= 0.3 is 6.18 Å². The standard InChI is InChI=1S/C26H23F4N/c27-24-11-9-20(10-12-24)25-18-22(21-7-4-8-23(17-21)26(28,29)30)14-16-31(25)15-13-19-5-2-1-3-6-19/h1-12,14,17,25H,13,15-16,18H2. The Kier molecular flexibility index (Phi) is 6.23. The second-order valence-electron chi connectivity index (χ2n) is 7.81. The van der Waals surface area contributed by atoms with E-state index in [1.54, 1.807) is 18.2 Å². The van der Waals surface area contributed by atoms with Crippen LogP contribution >= 0.6 is 0 Å². The fraction of sp³-hybridized carbons (Fsp3) is 0.231. The molecule has 1 heterocycles. The number of benzene rings is 3. The van der Waals surface area contributed by atoms with Crippen molar-refractivity contribution in [3.8, 4) is 0 Å². The summed E-state index contributed by atoms with van der Waals surface area (Å²) in [6, 6.07) is 22.0. The van der Waals surface area contributed by atoms with E-state index in [2.05, 4.69) is 17.0 Å². The van der Waals surface area contributed by atoms with Gasteiger partial charge in [0.05, 0.1) is 5.56 Å². The summed E-state index contributed by atoms with van der Waals surface area (Å²) in [7, 11) is 0. The van der Waals surface area contributed by atoms with Crippen molar-refractivity contribution in [2.75, 3.05) is 13.1 Å². The molecule has 4 rings (SSSR count). The Balaban J connectivity index is 1.60. The number of alkyl halides is 3. The average Bonchev–Trinajstić information content (AvgIpc) is 2.78. The van der Waals surface area contributed by atoms with Gasteiger partial charge in [-0.25, -0.2) is 4.39 Å². The normalized spacial score (nSPS) is 17.4. The van der Waals surface area contributed by atoms with E-state index in [1.165, 1.54) is 29.8 Å². The molecule has 0 N–H and O–H groups in total. The van der Waals surface area contributed by atoms with Crippen LogP contribution in [0.15, 0.2) is 84.9 Å². The third kappa shape index (κ3) is 5.23. The van der Waals surface area contributed by atoms with Gasteiger partial charge in [0.15, 0.2) is 0 Å². The Morgan fingerprint density at radius 2 is 1.61 bits per heavy atom. The lowest BCUT2D eigenvalue weighted by Crippen LogP contribution is -2.34. The lowest BCUT2D eigenvalue weighted by Gasteiger charge is -2.36. The highest BCUT2D eigenvalue weighted by molar-refractivity contribution is 5.68. The van der Waals surface area contributed by atoms with E-state index in [4.69, 9.17) is 0 Å². The van der Waals surface area contributed by atoms with Crippen molar-refractivity contribution < 1.29 is 17.6 Å². The SMILES string of the molecule is Fc1ccc(C2CC(c3cccc(C(F)(F)F)c3)=CCN2CCc2ccccc2)cc1. The minimum Gasteiger partial charge on any atom is -0.292 e. The van der Waals surface area contributed by atoms with Gasteiger partial charge in [-0.2, -0.15) is 13.2 Å². The molecule has 1 nitrogen and oxygen atoms in total. The predicted octanol–water partition coefficient (Wildman–Crippen LogP) is 6.92. The highest BCUT2D eigenvalue weighted by atomic mass is 19.4. The molecule has 1 aliphatic heterocycles. The van der Waals surface area contributed by atoms with Gasteiger partial charge in [-0.3, -0.25) is 4.90 Å². The highest BCUT2D eigenvalue weighted by Crippen LogP contribution is 2.38. The fourth-order valence-corrected chi connectivity index (χ4v) is 4.08. The van der Waals surface area contributed by atoms with Crippen LogP contribution in [0.4, 0.5) is 17.6 Å². The molecule has 0 saturated heterocycles. The summed E-state index contributed by atoms with van der Waals surface area (Å²) in [4.78, 5) is 2.30. The summed E-state index contributed by atoms with van der Waals surface area (Å²) < 4.78 is 53.0. The molecular weight excluding hydrogens is 402 g/mol. The maximum atomic E-state index is 13.5. The van der Waals surface area contributed by atoms with Crippen LogP contribution in [0.2, 0.25) is 0 Å². The fourth-order valence-electron chi connectivity index (χ4n) is 4.08. The molecule has 0 bridgehead atoms. The molecule has 0 spiro atoms.